The molecule has 4 nitrogen and oxygen atoms in total. The molecule has 2 heterocycles. The van der Waals surface area contributed by atoms with Crippen molar-refractivity contribution in [3.05, 3.63) is 34.2 Å². The van der Waals surface area contributed by atoms with Gasteiger partial charge in [-0.2, -0.15) is 0 Å². The number of nitrogens with one attached hydrogen (secondary N) is 1. The van der Waals surface area contributed by atoms with Gasteiger partial charge in [-0.1, -0.05) is 0 Å². The van der Waals surface area contributed by atoms with Crippen LogP contribution in [0.4, 0.5) is 0 Å². The minimum absolute atomic E-state index is 0.0674. The maximum atomic E-state index is 11.0. The molecule has 0 saturated carbocycles. The summed E-state index contributed by atoms with van der Waals surface area (Å²) in [6.07, 6.45) is 2.30. The first kappa shape index (κ1) is 9.43. The average molecular weight is 194 g/mol. The molecule has 0 bridgehead atoms. The Balaban J connectivity index is 2.01. The summed E-state index contributed by atoms with van der Waals surface area (Å²) in [7, 11) is 0. The number of aliphatic hydroxyl groups is 1. The molecule has 0 aliphatic carbocycles. The van der Waals surface area contributed by atoms with Crippen molar-refractivity contribution in [1.29, 1.82) is 0 Å². The number of β-amino-alcohol motifs (C(OH)–C–C–N with tert-alkyl or cyclic N) is 1. The van der Waals surface area contributed by atoms with Crippen molar-refractivity contribution in [2.45, 2.75) is 19.1 Å². The number of hydrogen-bond acceptors (Lipinski definition) is 3. The van der Waals surface area contributed by atoms with Crippen LogP contribution in [0.25, 0.3) is 0 Å². The van der Waals surface area contributed by atoms with Crippen molar-refractivity contribution in [1.82, 2.24) is 9.88 Å². The Morgan fingerprint density at radius 3 is 3.14 bits per heavy atom. The van der Waals surface area contributed by atoms with Gasteiger partial charge in [0.15, 0.2) is 0 Å². The Morgan fingerprint density at radius 2 is 2.50 bits per heavy atom. The first-order chi connectivity index (χ1) is 6.74. The normalized spacial score (nSPS) is 22.8. The molecule has 1 unspecified atom stereocenters. The third kappa shape index (κ3) is 2.21. The van der Waals surface area contributed by atoms with E-state index >= 15 is 0 Å². The number of H-pyrrole nitrogens is 1. The van der Waals surface area contributed by atoms with Crippen molar-refractivity contribution in [3.8, 4) is 0 Å². The highest BCUT2D eigenvalue weighted by atomic mass is 16.3. The Morgan fingerprint density at radius 1 is 1.64 bits per heavy atom. The van der Waals surface area contributed by atoms with Gasteiger partial charge in [0.1, 0.15) is 0 Å². The zero-order valence-corrected chi connectivity index (χ0v) is 7.94. The van der Waals surface area contributed by atoms with Gasteiger partial charge in [-0.3, -0.25) is 9.69 Å². The van der Waals surface area contributed by atoms with Crippen LogP contribution in [-0.2, 0) is 6.54 Å². The van der Waals surface area contributed by atoms with Crippen molar-refractivity contribution in [3.63, 3.8) is 0 Å². The van der Waals surface area contributed by atoms with Gasteiger partial charge < -0.3 is 10.1 Å². The maximum absolute atomic E-state index is 11.0. The number of likely N-dealkylation sites (tertiary alicyclic amines) is 1. The van der Waals surface area contributed by atoms with E-state index in [-0.39, 0.29) is 11.7 Å². The summed E-state index contributed by atoms with van der Waals surface area (Å²) >= 11 is 0. The predicted octanol–water partition coefficient (Wildman–Crippen LogP) is -0.0585. The average Bonchev–Trinajstić information content (AvgIpc) is 2.51. The monoisotopic (exact) mass is 194 g/mol. The molecule has 0 spiro atoms. The highest BCUT2D eigenvalue weighted by molar-refractivity contribution is 5.09. The van der Waals surface area contributed by atoms with Crippen LogP contribution in [0.2, 0.25) is 0 Å². The zero-order valence-electron chi connectivity index (χ0n) is 7.94. The predicted molar refractivity (Wildman–Crippen MR) is 53.0 cm³/mol. The summed E-state index contributed by atoms with van der Waals surface area (Å²) in [4.78, 5) is 15.7. The minimum atomic E-state index is -0.197. The molecule has 4 heteroatoms. The molecule has 1 fully saturated rings. The summed E-state index contributed by atoms with van der Waals surface area (Å²) in [6.45, 7) is 2.38. The standard InChI is InChI=1S/C10H14N2O2/c13-9-2-4-12(7-9)6-8-1-3-11-10(14)5-8/h1,3,5,9,13H,2,4,6-7H2,(H,11,14). The SMILES string of the molecule is O=c1cc(CN2CCC(O)C2)cc[nH]1. The first-order valence-corrected chi connectivity index (χ1v) is 4.82. The van der Waals surface area contributed by atoms with Crippen LogP contribution in [0.5, 0.6) is 0 Å². The number of hydrogen-bond donors (Lipinski definition) is 2. The van der Waals surface area contributed by atoms with E-state index in [9.17, 15) is 9.90 Å². The highest BCUT2D eigenvalue weighted by Crippen LogP contribution is 2.11. The molecule has 2 N–H and O–H groups in total. The largest absolute Gasteiger partial charge is 0.392 e. The molecule has 1 aliphatic heterocycles. The van der Waals surface area contributed by atoms with Gasteiger partial charge >= 0.3 is 0 Å². The molecule has 76 valence electrons. The van der Waals surface area contributed by atoms with Crippen LogP contribution in [-0.4, -0.2) is 34.2 Å². The quantitative estimate of drug-likeness (QED) is 0.693. The summed E-state index contributed by atoms with van der Waals surface area (Å²) < 4.78 is 0. The number of nitrogens with zero attached hydrogens (tertiary/aromatic N) is 1. The second kappa shape index (κ2) is 3.94. The Bertz CT molecular complexity index is 361. The Labute approximate surface area is 82.2 Å². The molecule has 14 heavy (non-hydrogen) atoms. The van der Waals surface area contributed by atoms with Crippen LogP contribution < -0.4 is 5.56 Å². The first-order valence-electron chi connectivity index (χ1n) is 4.82. The number of aromatic amines is 1. The number of aromatic nitrogens is 1. The van der Waals surface area contributed by atoms with Gasteiger partial charge in [0.2, 0.25) is 5.56 Å². The zero-order chi connectivity index (χ0) is 9.97. The molecule has 1 aliphatic rings. The summed E-state index contributed by atoms with van der Waals surface area (Å²) in [5.74, 6) is 0. The minimum Gasteiger partial charge on any atom is -0.392 e. The summed E-state index contributed by atoms with van der Waals surface area (Å²) in [6, 6.07) is 3.50. The fraction of sp³-hybridized carbons (Fsp3) is 0.500. The van der Waals surface area contributed by atoms with Gasteiger partial charge in [0.05, 0.1) is 6.10 Å². The van der Waals surface area contributed by atoms with E-state index in [0.29, 0.717) is 6.54 Å². The van der Waals surface area contributed by atoms with E-state index in [4.69, 9.17) is 0 Å². The van der Waals surface area contributed by atoms with Gasteiger partial charge in [0, 0.05) is 31.9 Å². The number of rotatable bonds is 2. The molecule has 0 amide bonds. The van der Waals surface area contributed by atoms with Crippen molar-refractivity contribution >= 4 is 0 Å². The molecule has 1 saturated heterocycles. The second-order valence-electron chi connectivity index (χ2n) is 3.74. The van der Waals surface area contributed by atoms with Gasteiger partial charge in [-0.05, 0) is 18.1 Å². The molecular formula is C10H14N2O2. The molecule has 2 rings (SSSR count). The lowest BCUT2D eigenvalue weighted by Crippen LogP contribution is -2.22. The third-order valence-electron chi connectivity index (χ3n) is 2.49. The number of aliphatic hydroxyl groups excluding tert-OH is 1. The Kier molecular flexibility index (Phi) is 2.65. The van der Waals surface area contributed by atoms with E-state index in [0.717, 1.165) is 25.1 Å². The van der Waals surface area contributed by atoms with E-state index in [1.807, 2.05) is 6.07 Å². The molecule has 1 atom stereocenters. The van der Waals surface area contributed by atoms with Crippen molar-refractivity contribution in [2.24, 2.45) is 0 Å². The molecule has 0 radical (unpaired) electrons. The van der Waals surface area contributed by atoms with Gasteiger partial charge in [0.25, 0.3) is 0 Å². The van der Waals surface area contributed by atoms with E-state index in [2.05, 4.69) is 9.88 Å². The van der Waals surface area contributed by atoms with Crippen LogP contribution >= 0.6 is 0 Å². The van der Waals surface area contributed by atoms with E-state index in [1.165, 1.54) is 0 Å². The van der Waals surface area contributed by atoms with Crippen molar-refractivity contribution in [2.75, 3.05) is 13.1 Å². The lowest BCUT2D eigenvalue weighted by atomic mass is 10.2. The van der Waals surface area contributed by atoms with Crippen LogP contribution in [0.15, 0.2) is 23.1 Å². The maximum Gasteiger partial charge on any atom is 0.248 e. The smallest absolute Gasteiger partial charge is 0.248 e. The fourth-order valence-corrected chi connectivity index (χ4v) is 1.80. The number of pyridine rings is 1. The van der Waals surface area contributed by atoms with Crippen molar-refractivity contribution < 1.29 is 5.11 Å². The van der Waals surface area contributed by atoms with Gasteiger partial charge in [-0.15, -0.1) is 0 Å². The van der Waals surface area contributed by atoms with E-state index < -0.39 is 0 Å². The second-order valence-corrected chi connectivity index (χ2v) is 3.74. The van der Waals surface area contributed by atoms with E-state index in [1.54, 1.807) is 12.3 Å². The van der Waals surface area contributed by atoms with Crippen LogP contribution in [0.3, 0.4) is 0 Å². The highest BCUT2D eigenvalue weighted by Gasteiger charge is 2.19. The molecule has 1 aromatic heterocycles. The van der Waals surface area contributed by atoms with Gasteiger partial charge in [-0.25, -0.2) is 0 Å². The lowest BCUT2D eigenvalue weighted by molar-refractivity contribution is 0.175. The lowest BCUT2D eigenvalue weighted by Gasteiger charge is -2.14. The molecule has 0 aromatic carbocycles. The molecule has 1 aromatic rings. The van der Waals surface area contributed by atoms with Crippen LogP contribution in [0.1, 0.15) is 12.0 Å². The Hall–Kier alpha value is -1.13. The topological polar surface area (TPSA) is 56.3 Å². The summed E-state index contributed by atoms with van der Waals surface area (Å²) in [5.41, 5.74) is 0.935. The molecular weight excluding hydrogens is 180 g/mol. The third-order valence-corrected chi connectivity index (χ3v) is 2.49. The van der Waals surface area contributed by atoms with Crippen LogP contribution in [0, 0.1) is 0 Å². The fourth-order valence-electron chi connectivity index (χ4n) is 1.80. The summed E-state index contributed by atoms with van der Waals surface area (Å²) in [5, 5.41) is 9.32.